The Hall–Kier alpha value is -0.180. The summed E-state index contributed by atoms with van der Waals surface area (Å²) in [5.41, 5.74) is -0.487. The van der Waals surface area contributed by atoms with E-state index in [1.54, 1.807) is 7.05 Å². The van der Waals surface area contributed by atoms with E-state index in [0.717, 1.165) is 19.0 Å². The van der Waals surface area contributed by atoms with Gasteiger partial charge in [-0.2, -0.15) is 11.8 Å². The smallest absolute Gasteiger partial charge is 0.227 e. The first-order chi connectivity index (χ1) is 9.49. The van der Waals surface area contributed by atoms with Crippen LogP contribution in [0.3, 0.4) is 0 Å². The highest BCUT2D eigenvalue weighted by Crippen LogP contribution is 2.25. The van der Waals surface area contributed by atoms with Crippen molar-refractivity contribution in [2.24, 2.45) is 10.4 Å². The summed E-state index contributed by atoms with van der Waals surface area (Å²) >= 11 is 2.03. The van der Waals surface area contributed by atoms with E-state index in [-0.39, 0.29) is 29.9 Å². The van der Waals surface area contributed by atoms with Crippen LogP contribution in [0.2, 0.25) is 0 Å². The van der Waals surface area contributed by atoms with Crippen LogP contribution >= 0.6 is 35.7 Å². The molecular weight excluding hydrogens is 399 g/mol. The maximum atomic E-state index is 11.7. The van der Waals surface area contributed by atoms with E-state index in [1.165, 1.54) is 18.6 Å². The average Bonchev–Trinajstić information content (AvgIpc) is 2.94. The van der Waals surface area contributed by atoms with Crippen molar-refractivity contribution in [3.8, 4) is 0 Å². The lowest BCUT2D eigenvalue weighted by molar-refractivity contribution is -0.128. The Morgan fingerprint density at radius 2 is 2.10 bits per heavy atom. The van der Waals surface area contributed by atoms with Gasteiger partial charge in [-0.3, -0.25) is 9.79 Å². The maximum Gasteiger partial charge on any atom is 0.227 e. The molecule has 1 heterocycles. The summed E-state index contributed by atoms with van der Waals surface area (Å²) in [6, 6.07) is 0. The molecule has 0 aromatic rings. The molecule has 1 aliphatic heterocycles. The van der Waals surface area contributed by atoms with Gasteiger partial charge >= 0.3 is 0 Å². The molecule has 21 heavy (non-hydrogen) atoms. The van der Waals surface area contributed by atoms with Gasteiger partial charge in [-0.1, -0.05) is 0 Å². The Morgan fingerprint density at radius 3 is 2.62 bits per heavy atom. The molecule has 124 valence electrons. The van der Waals surface area contributed by atoms with Crippen molar-refractivity contribution in [3.05, 3.63) is 0 Å². The van der Waals surface area contributed by atoms with Crippen molar-refractivity contribution in [1.29, 1.82) is 0 Å². The summed E-state index contributed by atoms with van der Waals surface area (Å²) in [7, 11) is 1.66. The Labute approximate surface area is 149 Å². The minimum atomic E-state index is -0.487. The van der Waals surface area contributed by atoms with Crippen LogP contribution in [0.25, 0.3) is 0 Å². The zero-order chi connectivity index (χ0) is 15.0. The number of carbonyl (C=O) groups is 1. The lowest BCUT2D eigenvalue weighted by Gasteiger charge is -2.21. The van der Waals surface area contributed by atoms with E-state index in [0.29, 0.717) is 11.8 Å². The van der Waals surface area contributed by atoms with E-state index in [9.17, 15) is 4.79 Å². The van der Waals surface area contributed by atoms with Crippen LogP contribution in [0.4, 0.5) is 0 Å². The summed E-state index contributed by atoms with van der Waals surface area (Å²) < 4.78 is 0. The van der Waals surface area contributed by atoms with E-state index < -0.39 is 5.41 Å². The van der Waals surface area contributed by atoms with Crippen LogP contribution in [0, 0.1) is 5.41 Å². The molecule has 1 amide bonds. The van der Waals surface area contributed by atoms with Gasteiger partial charge in [0.1, 0.15) is 0 Å². The predicted molar refractivity (Wildman–Crippen MR) is 103 cm³/mol. The third kappa shape index (κ3) is 7.58. The van der Waals surface area contributed by atoms with Gasteiger partial charge in [-0.05, 0) is 39.4 Å². The predicted octanol–water partition coefficient (Wildman–Crippen LogP) is 1.83. The first-order valence-electron chi connectivity index (χ1n) is 7.35. The van der Waals surface area contributed by atoms with Crippen LogP contribution in [0.5, 0.6) is 0 Å². The number of hydrogen-bond acceptors (Lipinski definition) is 3. The number of hydrogen-bond donors (Lipinski definition) is 3. The minimum Gasteiger partial charge on any atom is -0.359 e. The summed E-state index contributed by atoms with van der Waals surface area (Å²) in [5.74, 6) is 2.09. The third-order valence-corrected chi connectivity index (χ3v) is 4.74. The molecule has 0 radical (unpaired) electrons. The van der Waals surface area contributed by atoms with Gasteiger partial charge in [0.2, 0.25) is 5.91 Å². The molecule has 0 aliphatic carbocycles. The molecule has 1 aliphatic rings. The van der Waals surface area contributed by atoms with Gasteiger partial charge in [0, 0.05) is 25.4 Å². The largest absolute Gasteiger partial charge is 0.359 e. The number of nitrogens with one attached hydrogen (secondary N) is 3. The number of halogens is 1. The zero-order valence-electron chi connectivity index (χ0n) is 13.5. The highest BCUT2D eigenvalue weighted by atomic mass is 127. The molecule has 0 aromatic heterocycles. The molecule has 0 aromatic carbocycles. The molecule has 3 N–H and O–H groups in total. The van der Waals surface area contributed by atoms with E-state index in [4.69, 9.17) is 0 Å². The van der Waals surface area contributed by atoms with Crippen molar-refractivity contribution in [1.82, 2.24) is 16.0 Å². The minimum absolute atomic E-state index is 0. The SMILES string of the molecule is CCNC(=NCC(C)(C)C(=O)NC)NCC1CCCS1.I. The number of guanidine groups is 1. The zero-order valence-corrected chi connectivity index (χ0v) is 16.6. The topological polar surface area (TPSA) is 65.5 Å². The monoisotopic (exact) mass is 428 g/mol. The fourth-order valence-corrected chi connectivity index (χ4v) is 3.25. The van der Waals surface area contributed by atoms with Crippen LogP contribution < -0.4 is 16.0 Å². The fourth-order valence-electron chi connectivity index (χ4n) is 2.04. The normalized spacial score (nSPS) is 18.9. The van der Waals surface area contributed by atoms with Gasteiger partial charge in [0.25, 0.3) is 0 Å². The first-order valence-corrected chi connectivity index (χ1v) is 8.40. The number of aliphatic imine (C=N–C) groups is 1. The van der Waals surface area contributed by atoms with E-state index in [1.807, 2.05) is 32.5 Å². The number of rotatable bonds is 6. The lowest BCUT2D eigenvalue weighted by Crippen LogP contribution is -2.42. The second kappa shape index (κ2) is 10.5. The molecule has 1 unspecified atom stereocenters. The van der Waals surface area contributed by atoms with Crippen LogP contribution in [-0.2, 0) is 4.79 Å². The molecule has 5 nitrogen and oxygen atoms in total. The molecule has 0 saturated carbocycles. The van der Waals surface area contributed by atoms with E-state index >= 15 is 0 Å². The standard InChI is InChI=1S/C14H28N4OS.HI/c1-5-16-13(17-9-11-7-6-8-20-11)18-10-14(2,3)12(19)15-4;/h11H,5-10H2,1-4H3,(H,15,19)(H2,16,17,18);1H. The summed E-state index contributed by atoms with van der Waals surface area (Å²) in [6.07, 6.45) is 2.59. The number of thioether (sulfide) groups is 1. The molecule has 1 atom stereocenters. The van der Waals surface area contributed by atoms with Gasteiger partial charge in [-0.25, -0.2) is 0 Å². The highest BCUT2D eigenvalue weighted by molar-refractivity contribution is 14.0. The van der Waals surface area contributed by atoms with Gasteiger partial charge in [0.15, 0.2) is 5.96 Å². The van der Waals surface area contributed by atoms with Gasteiger partial charge < -0.3 is 16.0 Å². The maximum absolute atomic E-state index is 11.7. The van der Waals surface area contributed by atoms with E-state index in [2.05, 4.69) is 20.9 Å². The second-order valence-corrected chi connectivity index (χ2v) is 7.08. The van der Waals surface area contributed by atoms with Crippen molar-refractivity contribution >= 4 is 47.6 Å². The fraction of sp³-hybridized carbons (Fsp3) is 0.857. The molecule has 7 heteroatoms. The first kappa shape index (κ1) is 20.8. The van der Waals surface area contributed by atoms with Crippen LogP contribution in [-0.4, -0.2) is 49.6 Å². The van der Waals surface area contributed by atoms with Crippen molar-refractivity contribution in [2.75, 3.05) is 32.4 Å². The molecule has 0 spiro atoms. The molecule has 1 saturated heterocycles. The van der Waals surface area contributed by atoms with Gasteiger partial charge in [-0.15, -0.1) is 24.0 Å². The summed E-state index contributed by atoms with van der Waals surface area (Å²) in [4.78, 5) is 16.3. The molecular formula is C14H29IN4OS. The summed E-state index contributed by atoms with van der Waals surface area (Å²) in [5, 5.41) is 9.98. The van der Waals surface area contributed by atoms with Crippen LogP contribution in [0.15, 0.2) is 4.99 Å². The second-order valence-electron chi connectivity index (χ2n) is 5.67. The Bertz CT molecular complexity index is 344. The summed E-state index contributed by atoms with van der Waals surface area (Å²) in [6.45, 7) is 8.10. The van der Waals surface area contributed by atoms with Crippen LogP contribution in [0.1, 0.15) is 33.6 Å². The highest BCUT2D eigenvalue weighted by Gasteiger charge is 2.26. The number of amides is 1. The molecule has 1 rings (SSSR count). The number of nitrogens with zero attached hydrogens (tertiary/aromatic N) is 1. The van der Waals surface area contributed by atoms with Crippen molar-refractivity contribution in [3.63, 3.8) is 0 Å². The van der Waals surface area contributed by atoms with Gasteiger partial charge in [0.05, 0.1) is 12.0 Å². The lowest BCUT2D eigenvalue weighted by atomic mass is 9.93. The molecule has 0 bridgehead atoms. The molecule has 1 fully saturated rings. The Balaban J connectivity index is 0.00000400. The quantitative estimate of drug-likeness (QED) is 0.343. The average molecular weight is 428 g/mol. The van der Waals surface area contributed by atoms with Crippen molar-refractivity contribution < 1.29 is 4.79 Å². The third-order valence-electron chi connectivity index (χ3n) is 3.34. The Kier molecular flexibility index (Phi) is 10.4. The van der Waals surface area contributed by atoms with Crippen molar-refractivity contribution in [2.45, 2.75) is 38.9 Å². The number of carbonyl (C=O) groups excluding carboxylic acids is 1. The Morgan fingerprint density at radius 1 is 1.38 bits per heavy atom.